The van der Waals surface area contributed by atoms with Gasteiger partial charge in [0.05, 0.1) is 25.5 Å². The summed E-state index contributed by atoms with van der Waals surface area (Å²) in [6, 6.07) is 11.7. The molecular formula is C16H17NO4. The van der Waals surface area contributed by atoms with Gasteiger partial charge in [-0.25, -0.2) is 0 Å². The van der Waals surface area contributed by atoms with Crippen LogP contribution in [0.15, 0.2) is 42.5 Å². The number of carbonyl (C=O) groups is 1. The maximum absolute atomic E-state index is 12.6. The van der Waals surface area contributed by atoms with Crippen molar-refractivity contribution < 1.29 is 19.4 Å². The standard InChI is InChI=1S/C16H17NO4/c1-17(13-6-4-5-7-15(13)21-3)16(19)12-10-11(20-2)8-9-14(12)18/h4-10,18H,1-3H3. The average molecular weight is 287 g/mol. The van der Waals surface area contributed by atoms with Crippen molar-refractivity contribution in [3.05, 3.63) is 48.0 Å². The van der Waals surface area contributed by atoms with Crippen molar-refractivity contribution in [3.8, 4) is 17.2 Å². The van der Waals surface area contributed by atoms with Crippen LogP contribution in [0, 0.1) is 0 Å². The zero-order valence-corrected chi connectivity index (χ0v) is 12.2. The maximum atomic E-state index is 12.6. The van der Waals surface area contributed by atoms with Gasteiger partial charge in [0.15, 0.2) is 0 Å². The molecule has 5 nitrogen and oxygen atoms in total. The van der Waals surface area contributed by atoms with Crippen LogP contribution < -0.4 is 14.4 Å². The number of anilines is 1. The highest BCUT2D eigenvalue weighted by Crippen LogP contribution is 2.30. The second-order valence-electron chi connectivity index (χ2n) is 4.42. The lowest BCUT2D eigenvalue weighted by Gasteiger charge is -2.20. The summed E-state index contributed by atoms with van der Waals surface area (Å²) in [6.45, 7) is 0. The van der Waals surface area contributed by atoms with Crippen molar-refractivity contribution in [2.45, 2.75) is 0 Å². The number of nitrogens with zero attached hydrogens (tertiary/aromatic N) is 1. The summed E-state index contributed by atoms with van der Waals surface area (Å²) < 4.78 is 10.3. The summed E-state index contributed by atoms with van der Waals surface area (Å²) in [5.74, 6) is 0.638. The van der Waals surface area contributed by atoms with Gasteiger partial charge in [-0.05, 0) is 30.3 Å². The lowest BCUT2D eigenvalue weighted by atomic mass is 10.1. The quantitative estimate of drug-likeness (QED) is 0.939. The van der Waals surface area contributed by atoms with Gasteiger partial charge in [-0.3, -0.25) is 4.79 Å². The largest absolute Gasteiger partial charge is 0.507 e. The maximum Gasteiger partial charge on any atom is 0.262 e. The van der Waals surface area contributed by atoms with E-state index >= 15 is 0 Å². The molecule has 21 heavy (non-hydrogen) atoms. The number of rotatable bonds is 4. The molecule has 0 atom stereocenters. The molecule has 1 N–H and O–H groups in total. The molecule has 0 fully saturated rings. The zero-order chi connectivity index (χ0) is 15.4. The van der Waals surface area contributed by atoms with E-state index in [1.165, 1.54) is 24.1 Å². The van der Waals surface area contributed by atoms with Crippen LogP contribution in [0.2, 0.25) is 0 Å². The summed E-state index contributed by atoms with van der Waals surface area (Å²) in [5, 5.41) is 9.89. The van der Waals surface area contributed by atoms with Crippen molar-refractivity contribution in [2.24, 2.45) is 0 Å². The first-order valence-corrected chi connectivity index (χ1v) is 6.36. The number of carbonyl (C=O) groups excluding carboxylic acids is 1. The van der Waals surface area contributed by atoms with Crippen LogP contribution in [0.3, 0.4) is 0 Å². The van der Waals surface area contributed by atoms with Crippen LogP contribution in [0.1, 0.15) is 10.4 Å². The predicted octanol–water partition coefficient (Wildman–Crippen LogP) is 2.69. The highest BCUT2D eigenvalue weighted by molar-refractivity contribution is 6.08. The van der Waals surface area contributed by atoms with Crippen LogP contribution in [0.5, 0.6) is 17.2 Å². The Bertz CT molecular complexity index is 654. The molecule has 2 aromatic carbocycles. The number of methoxy groups -OCH3 is 2. The molecule has 0 saturated carbocycles. The number of aromatic hydroxyl groups is 1. The molecule has 0 saturated heterocycles. The van der Waals surface area contributed by atoms with Crippen molar-refractivity contribution in [1.29, 1.82) is 0 Å². The molecule has 2 aromatic rings. The lowest BCUT2D eigenvalue weighted by molar-refractivity contribution is 0.0989. The van der Waals surface area contributed by atoms with Gasteiger partial charge in [0.2, 0.25) is 0 Å². The number of hydrogen-bond donors (Lipinski definition) is 1. The highest BCUT2D eigenvalue weighted by atomic mass is 16.5. The van der Waals surface area contributed by atoms with Crippen LogP contribution in [-0.4, -0.2) is 32.3 Å². The number of ether oxygens (including phenoxy) is 2. The number of para-hydroxylation sites is 2. The van der Waals surface area contributed by atoms with Gasteiger partial charge in [0.25, 0.3) is 5.91 Å². The van der Waals surface area contributed by atoms with Crippen LogP contribution in [0.25, 0.3) is 0 Å². The molecule has 0 aromatic heterocycles. The Morgan fingerprint density at radius 3 is 2.48 bits per heavy atom. The number of amides is 1. The Hall–Kier alpha value is -2.69. The topological polar surface area (TPSA) is 59.0 Å². The summed E-state index contributed by atoms with van der Waals surface area (Å²) in [4.78, 5) is 14.0. The minimum Gasteiger partial charge on any atom is -0.507 e. The normalized spacial score (nSPS) is 10.0. The average Bonchev–Trinajstić information content (AvgIpc) is 2.54. The number of hydrogen-bond acceptors (Lipinski definition) is 4. The molecule has 0 radical (unpaired) electrons. The van der Waals surface area contributed by atoms with E-state index < -0.39 is 0 Å². The van der Waals surface area contributed by atoms with Crippen LogP contribution in [-0.2, 0) is 0 Å². The van der Waals surface area contributed by atoms with E-state index in [4.69, 9.17) is 9.47 Å². The number of phenolic OH excluding ortho intramolecular Hbond substituents is 1. The van der Waals surface area contributed by atoms with E-state index in [2.05, 4.69) is 0 Å². The third-order valence-electron chi connectivity index (χ3n) is 3.19. The third-order valence-corrected chi connectivity index (χ3v) is 3.19. The van der Waals surface area contributed by atoms with Crippen molar-refractivity contribution in [2.75, 3.05) is 26.2 Å². The lowest BCUT2D eigenvalue weighted by Crippen LogP contribution is -2.26. The SMILES string of the molecule is COc1ccc(O)c(C(=O)N(C)c2ccccc2OC)c1. The van der Waals surface area contributed by atoms with E-state index in [-0.39, 0.29) is 17.2 Å². The number of phenols is 1. The van der Waals surface area contributed by atoms with E-state index in [9.17, 15) is 9.90 Å². The number of benzene rings is 2. The highest BCUT2D eigenvalue weighted by Gasteiger charge is 2.20. The summed E-state index contributed by atoms with van der Waals surface area (Å²) in [6.07, 6.45) is 0. The Morgan fingerprint density at radius 2 is 1.81 bits per heavy atom. The van der Waals surface area contributed by atoms with Crippen LogP contribution in [0.4, 0.5) is 5.69 Å². The van der Waals surface area contributed by atoms with Crippen molar-refractivity contribution in [3.63, 3.8) is 0 Å². The fourth-order valence-corrected chi connectivity index (χ4v) is 2.01. The molecule has 2 rings (SSSR count). The second-order valence-corrected chi connectivity index (χ2v) is 4.42. The molecule has 0 heterocycles. The summed E-state index contributed by atoms with van der Waals surface area (Å²) in [5.41, 5.74) is 0.787. The van der Waals surface area contributed by atoms with Gasteiger partial charge in [0.1, 0.15) is 17.2 Å². The summed E-state index contributed by atoms with van der Waals surface area (Å²) in [7, 11) is 4.67. The Morgan fingerprint density at radius 1 is 1.10 bits per heavy atom. The molecular weight excluding hydrogens is 270 g/mol. The Balaban J connectivity index is 2.39. The molecule has 0 bridgehead atoms. The van der Waals surface area contributed by atoms with E-state index in [0.717, 1.165) is 0 Å². The fourth-order valence-electron chi connectivity index (χ4n) is 2.01. The van der Waals surface area contributed by atoms with Gasteiger partial charge in [-0.15, -0.1) is 0 Å². The third kappa shape index (κ3) is 2.91. The predicted molar refractivity (Wildman–Crippen MR) is 80.4 cm³/mol. The zero-order valence-electron chi connectivity index (χ0n) is 12.2. The van der Waals surface area contributed by atoms with Gasteiger partial charge in [0, 0.05) is 7.05 Å². The monoisotopic (exact) mass is 287 g/mol. The minimum absolute atomic E-state index is 0.0949. The van der Waals surface area contributed by atoms with E-state index in [1.807, 2.05) is 12.1 Å². The Labute approximate surface area is 123 Å². The van der Waals surface area contributed by atoms with Gasteiger partial charge in [-0.2, -0.15) is 0 Å². The fraction of sp³-hybridized carbons (Fsp3) is 0.188. The van der Waals surface area contributed by atoms with E-state index in [1.54, 1.807) is 32.4 Å². The van der Waals surface area contributed by atoms with Crippen LogP contribution >= 0.6 is 0 Å². The van der Waals surface area contributed by atoms with Crippen molar-refractivity contribution in [1.82, 2.24) is 0 Å². The van der Waals surface area contributed by atoms with Gasteiger partial charge in [-0.1, -0.05) is 12.1 Å². The second kappa shape index (κ2) is 6.17. The Kier molecular flexibility index (Phi) is 4.33. The summed E-state index contributed by atoms with van der Waals surface area (Å²) >= 11 is 0. The molecule has 0 spiro atoms. The molecule has 0 aliphatic carbocycles. The first-order valence-electron chi connectivity index (χ1n) is 6.36. The first-order chi connectivity index (χ1) is 10.1. The van der Waals surface area contributed by atoms with E-state index in [0.29, 0.717) is 17.2 Å². The molecule has 0 aliphatic rings. The molecule has 1 amide bonds. The smallest absolute Gasteiger partial charge is 0.262 e. The molecule has 0 unspecified atom stereocenters. The van der Waals surface area contributed by atoms with Gasteiger partial charge < -0.3 is 19.5 Å². The van der Waals surface area contributed by atoms with Gasteiger partial charge >= 0.3 is 0 Å². The molecule has 0 aliphatic heterocycles. The molecule has 5 heteroatoms. The van der Waals surface area contributed by atoms with Crippen molar-refractivity contribution >= 4 is 11.6 Å². The minimum atomic E-state index is -0.351. The molecule has 110 valence electrons. The first kappa shape index (κ1) is 14.7.